The second-order valence-electron chi connectivity index (χ2n) is 19.6. The van der Waals surface area contributed by atoms with E-state index in [1.807, 2.05) is 0 Å². The molecule has 0 amide bonds. The molecule has 0 saturated heterocycles. The number of carbonyl (C=O) groups excluding carboxylic acids is 3. The zero-order valence-corrected chi connectivity index (χ0v) is 43.8. The van der Waals surface area contributed by atoms with Gasteiger partial charge in [0.05, 0.1) is 0 Å². The summed E-state index contributed by atoms with van der Waals surface area (Å²) in [4.78, 5) is 38.1. The molecule has 0 heterocycles. The summed E-state index contributed by atoms with van der Waals surface area (Å²) < 4.78 is 16.9. The van der Waals surface area contributed by atoms with Crippen LogP contribution in [0, 0.1) is 0 Å². The highest BCUT2D eigenvalue weighted by Crippen LogP contribution is 2.17. The van der Waals surface area contributed by atoms with Crippen LogP contribution in [0.3, 0.4) is 0 Å². The van der Waals surface area contributed by atoms with Crippen molar-refractivity contribution in [3.8, 4) is 0 Å². The Morgan fingerprint density at radius 3 is 0.785 bits per heavy atom. The Labute approximate surface area is 404 Å². The fourth-order valence-corrected chi connectivity index (χ4v) is 8.55. The monoisotopic (exact) mass is 915 g/mol. The molecular formula is C59H110O6. The van der Waals surface area contributed by atoms with E-state index < -0.39 is 6.10 Å². The molecule has 0 rings (SSSR count). The van der Waals surface area contributed by atoms with Crippen LogP contribution in [-0.4, -0.2) is 37.2 Å². The topological polar surface area (TPSA) is 78.9 Å². The van der Waals surface area contributed by atoms with E-state index in [0.717, 1.165) is 70.6 Å². The standard InChI is InChI=1S/C59H110O6/c1-4-7-10-13-16-19-22-25-27-28-29-30-31-32-35-37-40-43-46-49-52-58(61)64-55-56(54-63-57(60)51-48-45-42-39-36-33-24-21-18-15-12-9-6-3)65-59(62)53-50-47-44-41-38-34-26-23-20-17-14-11-8-5-2/h21,23-24,26,56H,4-20,22,25,27-55H2,1-3H3/b24-21-,26-23-. The van der Waals surface area contributed by atoms with Gasteiger partial charge in [0.1, 0.15) is 13.2 Å². The molecule has 0 aromatic heterocycles. The van der Waals surface area contributed by atoms with Crippen LogP contribution in [0.15, 0.2) is 24.3 Å². The maximum Gasteiger partial charge on any atom is 0.306 e. The fraction of sp³-hybridized carbons (Fsp3) is 0.881. The summed E-state index contributed by atoms with van der Waals surface area (Å²) >= 11 is 0. The first-order chi connectivity index (χ1) is 32.0. The average Bonchev–Trinajstić information content (AvgIpc) is 3.30. The van der Waals surface area contributed by atoms with Crippen LogP contribution in [0.5, 0.6) is 0 Å². The highest BCUT2D eigenvalue weighted by Gasteiger charge is 2.19. The molecule has 0 aliphatic heterocycles. The molecule has 1 unspecified atom stereocenters. The van der Waals surface area contributed by atoms with Crippen molar-refractivity contribution in [1.82, 2.24) is 0 Å². The highest BCUT2D eigenvalue weighted by atomic mass is 16.6. The van der Waals surface area contributed by atoms with Crippen molar-refractivity contribution >= 4 is 17.9 Å². The number of esters is 3. The summed E-state index contributed by atoms with van der Waals surface area (Å²) in [5.41, 5.74) is 0. The first-order valence-corrected chi connectivity index (χ1v) is 28.8. The number of hydrogen-bond acceptors (Lipinski definition) is 6. The summed E-state index contributed by atoms with van der Waals surface area (Å²) in [6.07, 6.45) is 63.1. The molecule has 6 heteroatoms. The summed E-state index contributed by atoms with van der Waals surface area (Å²) in [7, 11) is 0. The van der Waals surface area contributed by atoms with Gasteiger partial charge in [-0.15, -0.1) is 0 Å². The molecule has 0 spiro atoms. The minimum Gasteiger partial charge on any atom is -0.462 e. The second kappa shape index (κ2) is 54.5. The van der Waals surface area contributed by atoms with Gasteiger partial charge < -0.3 is 14.2 Å². The molecule has 0 fully saturated rings. The van der Waals surface area contributed by atoms with Crippen molar-refractivity contribution < 1.29 is 28.6 Å². The predicted octanol–water partition coefficient (Wildman–Crippen LogP) is 19.1. The van der Waals surface area contributed by atoms with Crippen LogP contribution in [0.4, 0.5) is 0 Å². The lowest BCUT2D eigenvalue weighted by Gasteiger charge is -2.18. The minimum atomic E-state index is -0.775. The van der Waals surface area contributed by atoms with Crippen molar-refractivity contribution in [2.75, 3.05) is 13.2 Å². The molecule has 0 radical (unpaired) electrons. The van der Waals surface area contributed by atoms with Gasteiger partial charge in [0.25, 0.3) is 0 Å². The van der Waals surface area contributed by atoms with E-state index in [2.05, 4.69) is 45.1 Å². The summed E-state index contributed by atoms with van der Waals surface area (Å²) in [5, 5.41) is 0. The van der Waals surface area contributed by atoms with Gasteiger partial charge in [0.2, 0.25) is 0 Å². The molecule has 0 saturated carbocycles. The van der Waals surface area contributed by atoms with Gasteiger partial charge in [0.15, 0.2) is 6.10 Å². The Kier molecular flexibility index (Phi) is 52.7. The minimum absolute atomic E-state index is 0.0729. The zero-order chi connectivity index (χ0) is 47.2. The quantitative estimate of drug-likeness (QED) is 0.0262. The number of rotatable bonds is 53. The number of unbranched alkanes of at least 4 members (excludes halogenated alkanes) is 38. The Morgan fingerprint density at radius 2 is 0.508 bits per heavy atom. The van der Waals surface area contributed by atoms with Gasteiger partial charge in [-0.1, -0.05) is 251 Å². The summed E-state index contributed by atoms with van der Waals surface area (Å²) in [6, 6.07) is 0. The molecule has 6 nitrogen and oxygen atoms in total. The van der Waals surface area contributed by atoms with Crippen molar-refractivity contribution in [3.05, 3.63) is 24.3 Å². The van der Waals surface area contributed by atoms with E-state index in [4.69, 9.17) is 14.2 Å². The van der Waals surface area contributed by atoms with Crippen molar-refractivity contribution in [2.24, 2.45) is 0 Å². The van der Waals surface area contributed by atoms with Crippen LogP contribution < -0.4 is 0 Å². The van der Waals surface area contributed by atoms with Gasteiger partial charge in [-0.3, -0.25) is 14.4 Å². The van der Waals surface area contributed by atoms with Crippen LogP contribution in [0.25, 0.3) is 0 Å². The number of hydrogen-bond donors (Lipinski definition) is 0. The third-order valence-corrected chi connectivity index (χ3v) is 12.9. The molecule has 382 valence electrons. The molecule has 0 aliphatic carbocycles. The number of ether oxygens (including phenoxy) is 3. The van der Waals surface area contributed by atoms with Gasteiger partial charge in [-0.25, -0.2) is 0 Å². The van der Waals surface area contributed by atoms with E-state index in [1.165, 1.54) is 205 Å². The number of carbonyl (C=O) groups is 3. The van der Waals surface area contributed by atoms with Crippen LogP contribution in [-0.2, 0) is 28.6 Å². The Balaban J connectivity index is 4.29. The molecule has 0 aromatic rings. The fourth-order valence-electron chi connectivity index (χ4n) is 8.55. The van der Waals surface area contributed by atoms with Gasteiger partial charge in [-0.2, -0.15) is 0 Å². The van der Waals surface area contributed by atoms with Crippen molar-refractivity contribution in [1.29, 1.82) is 0 Å². The highest BCUT2D eigenvalue weighted by molar-refractivity contribution is 5.71. The van der Waals surface area contributed by atoms with Crippen molar-refractivity contribution in [2.45, 2.75) is 322 Å². The lowest BCUT2D eigenvalue weighted by molar-refractivity contribution is -0.167. The smallest absolute Gasteiger partial charge is 0.306 e. The van der Waals surface area contributed by atoms with Crippen LogP contribution >= 0.6 is 0 Å². The van der Waals surface area contributed by atoms with Crippen LogP contribution in [0.2, 0.25) is 0 Å². The predicted molar refractivity (Wildman–Crippen MR) is 279 cm³/mol. The molecule has 65 heavy (non-hydrogen) atoms. The third kappa shape index (κ3) is 52.7. The second-order valence-corrected chi connectivity index (χ2v) is 19.6. The molecule has 0 N–H and O–H groups in total. The molecule has 0 bridgehead atoms. The Bertz CT molecular complexity index is 1050. The van der Waals surface area contributed by atoms with E-state index in [-0.39, 0.29) is 31.1 Å². The normalized spacial score (nSPS) is 12.1. The maximum absolute atomic E-state index is 12.8. The zero-order valence-electron chi connectivity index (χ0n) is 43.8. The van der Waals surface area contributed by atoms with E-state index >= 15 is 0 Å². The van der Waals surface area contributed by atoms with E-state index in [0.29, 0.717) is 19.3 Å². The lowest BCUT2D eigenvalue weighted by atomic mass is 10.0. The molecular weight excluding hydrogens is 805 g/mol. The van der Waals surface area contributed by atoms with Crippen molar-refractivity contribution in [3.63, 3.8) is 0 Å². The van der Waals surface area contributed by atoms with E-state index in [9.17, 15) is 14.4 Å². The van der Waals surface area contributed by atoms with E-state index in [1.54, 1.807) is 0 Å². The molecule has 0 aliphatic rings. The van der Waals surface area contributed by atoms with Gasteiger partial charge in [0, 0.05) is 19.3 Å². The summed E-state index contributed by atoms with van der Waals surface area (Å²) in [5.74, 6) is -0.872. The number of allylic oxidation sites excluding steroid dienone is 4. The first kappa shape index (κ1) is 62.9. The summed E-state index contributed by atoms with van der Waals surface area (Å²) in [6.45, 7) is 6.65. The SMILES string of the molecule is CCCCCC/C=C\CCCCCCCC(=O)OCC(COC(=O)CCCCCCCCCCCCCCCCCCCCCC)OC(=O)CCCCCCC/C=C\CCCCCCC. The molecule has 0 aromatic carbocycles. The molecule has 1 atom stereocenters. The first-order valence-electron chi connectivity index (χ1n) is 28.8. The van der Waals surface area contributed by atoms with Crippen LogP contribution in [0.1, 0.15) is 316 Å². The average molecular weight is 916 g/mol. The maximum atomic E-state index is 12.8. The lowest BCUT2D eigenvalue weighted by Crippen LogP contribution is -2.30. The third-order valence-electron chi connectivity index (χ3n) is 12.9. The Hall–Kier alpha value is -2.11. The van der Waals surface area contributed by atoms with Gasteiger partial charge in [-0.05, 0) is 70.6 Å². The Morgan fingerprint density at radius 1 is 0.292 bits per heavy atom. The largest absolute Gasteiger partial charge is 0.462 e. The van der Waals surface area contributed by atoms with Gasteiger partial charge >= 0.3 is 17.9 Å².